The molecule has 0 bridgehead atoms. The summed E-state index contributed by atoms with van der Waals surface area (Å²) in [6.07, 6.45) is 4.20. The summed E-state index contributed by atoms with van der Waals surface area (Å²) in [5.74, 6) is 0.919. The summed E-state index contributed by atoms with van der Waals surface area (Å²) >= 11 is 0. The van der Waals surface area contributed by atoms with Gasteiger partial charge in [0.2, 0.25) is 0 Å². The van der Waals surface area contributed by atoms with Gasteiger partial charge < -0.3 is 9.84 Å². The van der Waals surface area contributed by atoms with Gasteiger partial charge in [-0.2, -0.15) is 0 Å². The molecular formula is C18H25FO2. The van der Waals surface area contributed by atoms with Gasteiger partial charge in [0.1, 0.15) is 17.2 Å². The highest BCUT2D eigenvalue weighted by molar-refractivity contribution is 5.38. The molecule has 0 aromatic heterocycles. The van der Waals surface area contributed by atoms with Gasteiger partial charge in [-0.05, 0) is 49.1 Å². The molecule has 1 aliphatic carbocycles. The average molecular weight is 292 g/mol. The lowest BCUT2D eigenvalue weighted by atomic mass is 9.66. The topological polar surface area (TPSA) is 29.5 Å². The second kappa shape index (κ2) is 4.98. The number of hydrogen-bond donors (Lipinski definition) is 1. The summed E-state index contributed by atoms with van der Waals surface area (Å²) in [6.45, 7) is 6.87. The molecule has 1 atom stereocenters. The van der Waals surface area contributed by atoms with Crippen LogP contribution in [0.1, 0.15) is 64.5 Å². The van der Waals surface area contributed by atoms with Gasteiger partial charge in [0, 0.05) is 18.1 Å². The molecule has 2 nitrogen and oxygen atoms in total. The zero-order valence-corrected chi connectivity index (χ0v) is 13.2. The molecule has 1 spiro atoms. The first kappa shape index (κ1) is 14.8. The van der Waals surface area contributed by atoms with E-state index < -0.39 is 6.10 Å². The molecule has 1 aliphatic heterocycles. The fraction of sp³-hybridized carbons (Fsp3) is 0.667. The van der Waals surface area contributed by atoms with Crippen LogP contribution in [0.2, 0.25) is 0 Å². The van der Waals surface area contributed by atoms with E-state index in [1.165, 1.54) is 12.1 Å². The van der Waals surface area contributed by atoms with Crippen LogP contribution in [0.3, 0.4) is 0 Å². The Balaban J connectivity index is 1.80. The molecule has 0 amide bonds. The smallest absolute Gasteiger partial charge is 0.128 e. The number of halogens is 1. The van der Waals surface area contributed by atoms with Crippen LogP contribution < -0.4 is 4.74 Å². The van der Waals surface area contributed by atoms with Crippen molar-refractivity contribution in [3.8, 4) is 5.75 Å². The molecule has 1 N–H and O–H groups in total. The van der Waals surface area contributed by atoms with Crippen molar-refractivity contribution in [3.05, 3.63) is 29.6 Å². The molecule has 3 heteroatoms. The first-order valence-electron chi connectivity index (χ1n) is 7.96. The van der Waals surface area contributed by atoms with Crippen LogP contribution in [0, 0.1) is 17.2 Å². The zero-order valence-electron chi connectivity index (χ0n) is 13.2. The van der Waals surface area contributed by atoms with E-state index in [0.29, 0.717) is 23.5 Å². The molecule has 1 heterocycles. The third-order valence-corrected chi connectivity index (χ3v) is 5.35. The quantitative estimate of drug-likeness (QED) is 0.756. The molecule has 1 aromatic carbocycles. The highest BCUT2D eigenvalue weighted by Crippen LogP contribution is 2.49. The molecule has 1 aromatic rings. The van der Waals surface area contributed by atoms with Crippen LogP contribution in [0.5, 0.6) is 5.75 Å². The molecule has 21 heavy (non-hydrogen) atoms. The predicted octanol–water partition coefficient (Wildman–Crippen LogP) is 4.62. The lowest BCUT2D eigenvalue weighted by Gasteiger charge is -2.47. The minimum atomic E-state index is -0.541. The second-order valence-corrected chi connectivity index (χ2v) is 7.83. The molecule has 0 radical (unpaired) electrons. The van der Waals surface area contributed by atoms with Gasteiger partial charge in [0.05, 0.1) is 6.10 Å². The van der Waals surface area contributed by atoms with E-state index in [2.05, 4.69) is 20.8 Å². The van der Waals surface area contributed by atoms with E-state index in [1.807, 2.05) is 0 Å². The lowest BCUT2D eigenvalue weighted by Crippen LogP contribution is -2.45. The maximum atomic E-state index is 13.4. The maximum Gasteiger partial charge on any atom is 0.128 e. The summed E-state index contributed by atoms with van der Waals surface area (Å²) in [6, 6.07) is 4.44. The van der Waals surface area contributed by atoms with E-state index in [1.54, 1.807) is 6.07 Å². The van der Waals surface area contributed by atoms with Gasteiger partial charge in [0.15, 0.2) is 0 Å². The van der Waals surface area contributed by atoms with Crippen LogP contribution >= 0.6 is 0 Å². The average Bonchev–Trinajstić information content (AvgIpc) is 2.37. The van der Waals surface area contributed by atoms with Gasteiger partial charge in [0.25, 0.3) is 0 Å². The number of aliphatic hydroxyl groups is 1. The van der Waals surface area contributed by atoms with Crippen molar-refractivity contribution in [1.82, 2.24) is 0 Å². The first-order chi connectivity index (χ1) is 9.79. The number of fused-ring (bicyclic) bond motifs is 1. The van der Waals surface area contributed by atoms with E-state index in [0.717, 1.165) is 31.2 Å². The van der Waals surface area contributed by atoms with Gasteiger partial charge in [-0.25, -0.2) is 4.39 Å². The van der Waals surface area contributed by atoms with Crippen LogP contribution in [0.25, 0.3) is 0 Å². The summed E-state index contributed by atoms with van der Waals surface area (Å²) in [5, 5.41) is 10.4. The van der Waals surface area contributed by atoms with Crippen LogP contribution in [0.15, 0.2) is 18.2 Å². The number of aliphatic hydroxyl groups excluding tert-OH is 1. The predicted molar refractivity (Wildman–Crippen MR) is 80.7 cm³/mol. The molecule has 1 fully saturated rings. The Morgan fingerprint density at radius 2 is 1.90 bits per heavy atom. The molecular weight excluding hydrogens is 267 g/mol. The molecule has 0 saturated heterocycles. The normalized spacial score (nSPS) is 32.6. The Morgan fingerprint density at radius 1 is 1.24 bits per heavy atom. The van der Waals surface area contributed by atoms with Gasteiger partial charge in [-0.1, -0.05) is 20.8 Å². The van der Waals surface area contributed by atoms with Crippen LogP contribution in [-0.2, 0) is 0 Å². The van der Waals surface area contributed by atoms with E-state index in [4.69, 9.17) is 4.74 Å². The monoisotopic (exact) mass is 292 g/mol. The Labute approximate surface area is 126 Å². The summed E-state index contributed by atoms with van der Waals surface area (Å²) in [4.78, 5) is 0. The third kappa shape index (κ3) is 2.80. The molecule has 2 aliphatic rings. The Bertz CT molecular complexity index is 525. The van der Waals surface area contributed by atoms with Crippen molar-refractivity contribution in [2.75, 3.05) is 0 Å². The largest absolute Gasteiger partial charge is 0.487 e. The molecule has 0 unspecified atom stereocenters. The summed E-state index contributed by atoms with van der Waals surface area (Å²) < 4.78 is 19.6. The zero-order chi connectivity index (χ0) is 15.3. The van der Waals surface area contributed by atoms with Crippen LogP contribution in [0.4, 0.5) is 4.39 Å². The maximum absolute atomic E-state index is 13.4. The molecule has 3 rings (SSSR count). The van der Waals surface area contributed by atoms with Gasteiger partial charge in [-0.15, -0.1) is 0 Å². The second-order valence-electron chi connectivity index (χ2n) is 7.83. The standard InChI is InChI=1S/C18H25FO2/c1-17(2,3)12-6-8-18(9-7-12)11-15(20)14-5-4-13(19)10-16(14)21-18/h4-5,10,12,15,20H,6-9,11H2,1-3H3/t12?,15-,18?/m1/s1. The third-order valence-electron chi connectivity index (χ3n) is 5.35. The van der Waals surface area contributed by atoms with Crippen molar-refractivity contribution in [2.45, 2.75) is 64.6 Å². The van der Waals surface area contributed by atoms with E-state index >= 15 is 0 Å². The van der Waals surface area contributed by atoms with Crippen molar-refractivity contribution >= 4 is 0 Å². The summed E-state index contributed by atoms with van der Waals surface area (Å²) in [7, 11) is 0. The van der Waals surface area contributed by atoms with Crippen LogP contribution in [-0.4, -0.2) is 10.7 Å². The number of hydrogen-bond acceptors (Lipinski definition) is 2. The minimum Gasteiger partial charge on any atom is -0.487 e. The van der Waals surface area contributed by atoms with E-state index in [-0.39, 0.29) is 11.4 Å². The fourth-order valence-electron chi connectivity index (χ4n) is 3.93. The lowest BCUT2D eigenvalue weighted by molar-refractivity contribution is -0.0565. The minimum absolute atomic E-state index is 0.304. The van der Waals surface area contributed by atoms with Crippen molar-refractivity contribution < 1.29 is 14.2 Å². The molecule has 1 saturated carbocycles. The fourth-order valence-corrected chi connectivity index (χ4v) is 3.93. The van der Waals surface area contributed by atoms with Crippen molar-refractivity contribution in [1.29, 1.82) is 0 Å². The Hall–Kier alpha value is -1.09. The van der Waals surface area contributed by atoms with Gasteiger partial charge in [-0.3, -0.25) is 0 Å². The highest BCUT2D eigenvalue weighted by Gasteiger charge is 2.44. The van der Waals surface area contributed by atoms with Crippen molar-refractivity contribution in [3.63, 3.8) is 0 Å². The Kier molecular flexibility index (Phi) is 3.52. The number of rotatable bonds is 0. The Morgan fingerprint density at radius 3 is 2.52 bits per heavy atom. The summed E-state index contributed by atoms with van der Waals surface area (Å²) in [5.41, 5.74) is 0.737. The first-order valence-corrected chi connectivity index (χ1v) is 7.96. The molecule has 116 valence electrons. The van der Waals surface area contributed by atoms with E-state index in [9.17, 15) is 9.50 Å². The highest BCUT2D eigenvalue weighted by atomic mass is 19.1. The SMILES string of the molecule is CC(C)(C)C1CCC2(CC1)C[C@@H](O)c1ccc(F)cc1O2. The van der Waals surface area contributed by atoms with Crippen molar-refractivity contribution in [2.24, 2.45) is 11.3 Å². The number of ether oxygens (including phenoxy) is 1. The number of benzene rings is 1. The van der Waals surface area contributed by atoms with Gasteiger partial charge >= 0.3 is 0 Å².